The van der Waals surface area contributed by atoms with E-state index in [0.717, 1.165) is 12.0 Å². The van der Waals surface area contributed by atoms with Crippen LogP contribution in [0.1, 0.15) is 11.6 Å². The van der Waals surface area contributed by atoms with Gasteiger partial charge in [-0.2, -0.15) is 0 Å². The quantitative estimate of drug-likeness (QED) is 0.521. The third-order valence-corrected chi connectivity index (χ3v) is 5.05. The Morgan fingerprint density at radius 2 is 2.12 bits per heavy atom. The molecule has 1 aromatic carbocycles. The topological polar surface area (TPSA) is 101 Å². The highest BCUT2D eigenvalue weighted by Gasteiger charge is 2.72. The first-order valence-electron chi connectivity index (χ1n) is 7.49. The molecule has 128 valence electrons. The maximum atomic E-state index is 13.6. The molecule has 0 aromatic heterocycles. The molecule has 2 aliphatic rings. The normalized spacial score (nSPS) is 32.2. The number of imide groups is 1. The molecular formula is C16H18FN2O5+. The lowest BCUT2D eigenvalue weighted by atomic mass is 9.79. The Hall–Kier alpha value is -2.32. The first-order valence-corrected chi connectivity index (χ1v) is 7.49. The lowest BCUT2D eigenvalue weighted by Crippen LogP contribution is -2.99. The molecule has 0 unspecified atom stereocenters. The number of aliphatic hydroxyl groups excluding tert-OH is 1. The van der Waals surface area contributed by atoms with Crippen LogP contribution in [-0.4, -0.2) is 54.1 Å². The monoisotopic (exact) mass is 337 g/mol. The Bertz CT molecular complexity index is 724. The number of nitrogens with zero attached hydrogens (tertiary/aromatic N) is 1. The number of nitrogens with two attached hydrogens (primary N) is 1. The number of amides is 2. The second-order valence-corrected chi connectivity index (χ2v) is 6.18. The molecule has 3 rings (SSSR count). The number of hydrogen-bond donors (Lipinski definition) is 2. The van der Waals surface area contributed by atoms with Gasteiger partial charge in [-0.3, -0.25) is 14.5 Å². The minimum absolute atomic E-state index is 0.449. The number of carbonyl (C=O) groups excluding carboxylic acids is 3. The average Bonchev–Trinajstić information content (AvgIpc) is 3.05. The molecule has 2 amide bonds. The van der Waals surface area contributed by atoms with Crippen LogP contribution in [0.25, 0.3) is 0 Å². The third-order valence-electron chi connectivity index (χ3n) is 5.05. The maximum Gasteiger partial charge on any atom is 0.371 e. The van der Waals surface area contributed by atoms with Gasteiger partial charge in [-0.05, 0) is 12.1 Å². The minimum atomic E-state index is -1.62. The Morgan fingerprint density at radius 1 is 1.42 bits per heavy atom. The zero-order valence-electron chi connectivity index (χ0n) is 13.2. The molecule has 1 aromatic rings. The molecule has 24 heavy (non-hydrogen) atoms. The summed E-state index contributed by atoms with van der Waals surface area (Å²) in [5.74, 6) is -4.18. The summed E-state index contributed by atoms with van der Waals surface area (Å²) in [7, 11) is 2.49. The number of quaternary nitrogens is 1. The van der Waals surface area contributed by atoms with E-state index >= 15 is 0 Å². The smallest absolute Gasteiger partial charge is 0.371 e. The Kier molecular flexibility index (Phi) is 3.89. The standard InChI is InChI=1S/C16H17FN2O5/c1-19-13(21)10-11(14(19)22)16(7-20,15(23)24-2)18-12(10)8-4-3-5-9(17)6-8/h3-6,10-12,18,20H,7H2,1-2H3/p+1/t10-,11-,12-,16+/m0/s1. The van der Waals surface area contributed by atoms with Crippen LogP contribution < -0.4 is 5.32 Å². The van der Waals surface area contributed by atoms with E-state index in [1.54, 1.807) is 6.07 Å². The number of methoxy groups -OCH3 is 1. The van der Waals surface area contributed by atoms with E-state index in [9.17, 15) is 23.9 Å². The molecule has 7 nitrogen and oxygen atoms in total. The van der Waals surface area contributed by atoms with E-state index in [0.29, 0.717) is 5.56 Å². The number of ether oxygens (including phenoxy) is 1. The molecule has 2 fully saturated rings. The summed E-state index contributed by atoms with van der Waals surface area (Å²) in [4.78, 5) is 38.4. The van der Waals surface area contributed by atoms with Crippen molar-refractivity contribution in [3.8, 4) is 0 Å². The van der Waals surface area contributed by atoms with Crippen LogP contribution in [0.15, 0.2) is 24.3 Å². The Balaban J connectivity index is 2.14. The second-order valence-electron chi connectivity index (χ2n) is 6.18. The van der Waals surface area contributed by atoms with Crippen LogP contribution in [0.4, 0.5) is 4.39 Å². The summed E-state index contributed by atoms with van der Waals surface area (Å²) in [6, 6.07) is 4.98. The fourth-order valence-corrected chi connectivity index (χ4v) is 3.88. The van der Waals surface area contributed by atoms with Crippen molar-refractivity contribution in [3.05, 3.63) is 35.6 Å². The predicted octanol–water partition coefficient (Wildman–Crippen LogP) is -1.42. The molecule has 2 heterocycles. The van der Waals surface area contributed by atoms with Gasteiger partial charge in [-0.25, -0.2) is 9.18 Å². The van der Waals surface area contributed by atoms with Gasteiger partial charge in [0.05, 0.1) is 7.11 Å². The minimum Gasteiger partial charge on any atom is -0.464 e. The predicted molar refractivity (Wildman–Crippen MR) is 77.7 cm³/mol. The fourth-order valence-electron chi connectivity index (χ4n) is 3.88. The van der Waals surface area contributed by atoms with E-state index in [-0.39, 0.29) is 0 Å². The fraction of sp³-hybridized carbons (Fsp3) is 0.438. The van der Waals surface area contributed by atoms with Crippen LogP contribution in [0.3, 0.4) is 0 Å². The summed E-state index contributed by atoms with van der Waals surface area (Å²) in [6.45, 7) is -0.667. The first kappa shape index (κ1) is 16.5. The number of benzene rings is 1. The Morgan fingerprint density at radius 3 is 2.71 bits per heavy atom. The van der Waals surface area contributed by atoms with Crippen molar-refractivity contribution in [1.82, 2.24) is 4.90 Å². The molecule has 0 aliphatic carbocycles. The van der Waals surface area contributed by atoms with Crippen molar-refractivity contribution in [2.24, 2.45) is 11.8 Å². The summed E-state index contributed by atoms with van der Waals surface area (Å²) in [6.07, 6.45) is 0. The van der Waals surface area contributed by atoms with Gasteiger partial charge < -0.3 is 15.2 Å². The van der Waals surface area contributed by atoms with Gasteiger partial charge in [-0.15, -0.1) is 0 Å². The third kappa shape index (κ3) is 2.06. The van der Waals surface area contributed by atoms with Crippen LogP contribution in [0.2, 0.25) is 0 Å². The molecular weight excluding hydrogens is 319 g/mol. The summed E-state index contributed by atoms with van der Waals surface area (Å²) in [5, 5.41) is 11.4. The highest BCUT2D eigenvalue weighted by molar-refractivity contribution is 6.08. The summed E-state index contributed by atoms with van der Waals surface area (Å²) < 4.78 is 18.4. The van der Waals surface area contributed by atoms with Gasteiger partial charge in [-0.1, -0.05) is 12.1 Å². The average molecular weight is 337 g/mol. The van der Waals surface area contributed by atoms with Gasteiger partial charge in [0.2, 0.25) is 17.4 Å². The SMILES string of the molecule is COC(=O)[C@]1(CO)[NH2+][C@@H](c2cccc(F)c2)[C@H]2C(=O)N(C)C(=O)[C@H]21. The molecule has 2 saturated heterocycles. The van der Waals surface area contributed by atoms with Crippen LogP contribution in [-0.2, 0) is 19.1 Å². The number of aliphatic hydroxyl groups is 1. The number of likely N-dealkylation sites (tertiary alicyclic amines) is 1. The lowest BCUT2D eigenvalue weighted by Gasteiger charge is -2.26. The van der Waals surface area contributed by atoms with Crippen molar-refractivity contribution < 1.29 is 33.9 Å². The van der Waals surface area contributed by atoms with Gasteiger partial charge in [0.15, 0.2) is 0 Å². The highest BCUT2D eigenvalue weighted by Crippen LogP contribution is 2.43. The van der Waals surface area contributed by atoms with Crippen LogP contribution in [0, 0.1) is 17.7 Å². The molecule has 3 N–H and O–H groups in total. The number of esters is 1. The zero-order chi connectivity index (χ0) is 17.6. The van der Waals surface area contributed by atoms with Crippen LogP contribution in [0.5, 0.6) is 0 Å². The van der Waals surface area contributed by atoms with E-state index in [1.807, 2.05) is 0 Å². The summed E-state index contributed by atoms with van der Waals surface area (Å²) in [5.41, 5.74) is -1.14. The molecule has 4 atom stereocenters. The largest absolute Gasteiger partial charge is 0.464 e. The molecule has 0 saturated carbocycles. The number of halogens is 1. The van der Waals surface area contributed by atoms with E-state index in [2.05, 4.69) is 0 Å². The van der Waals surface area contributed by atoms with Crippen molar-refractivity contribution in [2.45, 2.75) is 11.6 Å². The maximum absolute atomic E-state index is 13.6. The molecule has 0 radical (unpaired) electrons. The van der Waals surface area contributed by atoms with Crippen molar-refractivity contribution in [3.63, 3.8) is 0 Å². The second kappa shape index (κ2) is 5.64. The summed E-state index contributed by atoms with van der Waals surface area (Å²) >= 11 is 0. The van der Waals surface area contributed by atoms with Crippen LogP contribution >= 0.6 is 0 Å². The van der Waals surface area contributed by atoms with Crippen molar-refractivity contribution in [2.75, 3.05) is 20.8 Å². The van der Waals surface area contributed by atoms with Gasteiger partial charge >= 0.3 is 5.97 Å². The van der Waals surface area contributed by atoms with Gasteiger partial charge in [0.25, 0.3) is 0 Å². The first-order chi connectivity index (χ1) is 11.4. The van der Waals surface area contributed by atoms with Crippen molar-refractivity contribution >= 4 is 17.8 Å². The Labute approximate surface area is 137 Å². The zero-order valence-corrected chi connectivity index (χ0v) is 13.2. The van der Waals surface area contributed by atoms with E-state index in [1.165, 1.54) is 30.6 Å². The lowest BCUT2D eigenvalue weighted by molar-refractivity contribution is -0.735. The van der Waals surface area contributed by atoms with Crippen molar-refractivity contribution in [1.29, 1.82) is 0 Å². The van der Waals surface area contributed by atoms with Gasteiger partial charge in [0, 0.05) is 12.6 Å². The number of hydrogen-bond acceptors (Lipinski definition) is 5. The number of carbonyl (C=O) groups is 3. The van der Waals surface area contributed by atoms with E-state index < -0.39 is 53.6 Å². The number of fused-ring (bicyclic) bond motifs is 1. The molecule has 0 spiro atoms. The number of rotatable bonds is 3. The highest BCUT2D eigenvalue weighted by atomic mass is 19.1. The molecule has 2 aliphatic heterocycles. The molecule has 8 heteroatoms. The van der Waals surface area contributed by atoms with E-state index in [4.69, 9.17) is 4.74 Å². The molecule has 0 bridgehead atoms. The van der Waals surface area contributed by atoms with Gasteiger partial charge in [0.1, 0.15) is 30.3 Å².